The molecule has 37 heavy (non-hydrogen) atoms. The van der Waals surface area contributed by atoms with E-state index in [2.05, 4.69) is 57.2 Å². The molecule has 0 heterocycles. The number of aliphatic hydroxyl groups is 1. The Morgan fingerprint density at radius 2 is 1.27 bits per heavy atom. The van der Waals surface area contributed by atoms with Gasteiger partial charge in [-0.1, -0.05) is 79.8 Å². The van der Waals surface area contributed by atoms with Crippen LogP contribution < -0.4 is 9.47 Å². The van der Waals surface area contributed by atoms with Gasteiger partial charge in [-0.3, -0.25) is 0 Å². The summed E-state index contributed by atoms with van der Waals surface area (Å²) in [5.41, 5.74) is 4.01. The zero-order valence-corrected chi connectivity index (χ0v) is 22.3. The van der Waals surface area contributed by atoms with E-state index in [1.165, 1.54) is 5.56 Å². The monoisotopic (exact) mass is 498 g/mol. The molecule has 0 fully saturated rings. The van der Waals surface area contributed by atoms with Gasteiger partial charge >= 0.3 is 0 Å². The molecular formula is C33H38O4. The zero-order valence-electron chi connectivity index (χ0n) is 22.3. The summed E-state index contributed by atoms with van der Waals surface area (Å²) in [4.78, 5) is 0. The highest BCUT2D eigenvalue weighted by atomic mass is 16.7. The summed E-state index contributed by atoms with van der Waals surface area (Å²) in [6.45, 7) is 8.87. The van der Waals surface area contributed by atoms with E-state index in [-0.39, 0.29) is 11.9 Å². The molecule has 0 saturated carbocycles. The van der Waals surface area contributed by atoms with Crippen LogP contribution in [-0.4, -0.2) is 23.6 Å². The van der Waals surface area contributed by atoms with Crippen molar-refractivity contribution in [3.05, 3.63) is 113 Å². The number of aliphatic hydroxyl groups excluding tert-OH is 1. The van der Waals surface area contributed by atoms with Crippen LogP contribution >= 0.6 is 0 Å². The minimum Gasteiger partial charge on any atom is -0.516 e. The lowest BCUT2D eigenvalue weighted by Gasteiger charge is -2.27. The molecule has 1 N–H and O–H groups in total. The van der Waals surface area contributed by atoms with Gasteiger partial charge in [0.15, 0.2) is 6.29 Å². The van der Waals surface area contributed by atoms with Gasteiger partial charge in [0, 0.05) is 6.42 Å². The van der Waals surface area contributed by atoms with Crippen molar-refractivity contribution in [2.24, 2.45) is 0 Å². The molecule has 194 valence electrons. The van der Waals surface area contributed by atoms with Crippen LogP contribution in [0.4, 0.5) is 0 Å². The van der Waals surface area contributed by atoms with Crippen molar-refractivity contribution in [2.75, 3.05) is 6.61 Å². The molecular weight excluding hydrogens is 460 g/mol. The van der Waals surface area contributed by atoms with E-state index in [1.807, 2.05) is 67.6 Å². The first-order valence-corrected chi connectivity index (χ1v) is 12.8. The summed E-state index contributed by atoms with van der Waals surface area (Å²) in [5, 5.41) is 8.90. The highest BCUT2D eigenvalue weighted by molar-refractivity contribution is 5.58. The maximum Gasteiger partial charge on any atom is 0.196 e. The molecule has 0 aliphatic heterocycles. The minimum absolute atomic E-state index is 0.250. The first-order valence-electron chi connectivity index (χ1n) is 12.8. The molecule has 0 spiro atoms. The fourth-order valence-corrected chi connectivity index (χ4v) is 3.83. The van der Waals surface area contributed by atoms with Gasteiger partial charge in [0.2, 0.25) is 0 Å². The standard InChI is InChI=1S/C33H38O4/c1-5-24-35-26(2)36-31-18-14-27(15-19-31)8-6-7-9-28-16-20-32(21-17-28)37-33(3,4)25-30-12-10-29(11-13-30)22-23-34/h6-23,26,34H,5,24-25H2,1-4H3. The summed E-state index contributed by atoms with van der Waals surface area (Å²) >= 11 is 0. The Kier molecular flexibility index (Phi) is 10.6. The summed E-state index contributed by atoms with van der Waals surface area (Å²) < 4.78 is 17.6. The lowest BCUT2D eigenvalue weighted by atomic mass is 9.97. The largest absolute Gasteiger partial charge is 0.516 e. The van der Waals surface area contributed by atoms with E-state index in [0.29, 0.717) is 6.61 Å². The molecule has 3 aromatic rings. The second-order valence-corrected chi connectivity index (χ2v) is 9.51. The average molecular weight is 499 g/mol. The normalized spacial score (nSPS) is 13.0. The molecule has 3 aromatic carbocycles. The first kappa shape index (κ1) is 27.8. The Labute approximate surface area is 221 Å². The minimum atomic E-state index is -0.352. The Balaban J connectivity index is 1.48. The van der Waals surface area contributed by atoms with Crippen molar-refractivity contribution in [1.29, 1.82) is 0 Å². The van der Waals surface area contributed by atoms with Gasteiger partial charge in [0.25, 0.3) is 0 Å². The van der Waals surface area contributed by atoms with Crippen molar-refractivity contribution in [1.82, 2.24) is 0 Å². The molecule has 1 atom stereocenters. The van der Waals surface area contributed by atoms with E-state index in [4.69, 9.17) is 19.3 Å². The predicted molar refractivity (Wildman–Crippen MR) is 154 cm³/mol. The molecule has 0 bridgehead atoms. The van der Waals surface area contributed by atoms with Gasteiger partial charge < -0.3 is 19.3 Å². The van der Waals surface area contributed by atoms with Gasteiger partial charge in [0.05, 0.1) is 12.9 Å². The highest BCUT2D eigenvalue weighted by Gasteiger charge is 2.20. The van der Waals surface area contributed by atoms with Gasteiger partial charge in [-0.15, -0.1) is 0 Å². The molecule has 0 aliphatic carbocycles. The third-order valence-corrected chi connectivity index (χ3v) is 5.58. The fourth-order valence-electron chi connectivity index (χ4n) is 3.83. The molecule has 1 unspecified atom stereocenters. The smallest absolute Gasteiger partial charge is 0.196 e. The Morgan fingerprint density at radius 1 is 0.757 bits per heavy atom. The lowest BCUT2D eigenvalue weighted by Crippen LogP contribution is -2.30. The van der Waals surface area contributed by atoms with Gasteiger partial charge in [-0.05, 0) is 79.8 Å². The first-order chi connectivity index (χ1) is 17.9. The zero-order chi connectivity index (χ0) is 26.5. The van der Waals surface area contributed by atoms with Crippen molar-refractivity contribution in [3.63, 3.8) is 0 Å². The molecule has 0 aliphatic rings. The number of allylic oxidation sites excluding steroid dienone is 2. The van der Waals surface area contributed by atoms with Crippen LogP contribution in [-0.2, 0) is 11.2 Å². The summed E-state index contributed by atoms with van der Waals surface area (Å²) in [5.74, 6) is 1.64. The van der Waals surface area contributed by atoms with Crippen LogP contribution in [0.5, 0.6) is 11.5 Å². The molecule has 4 heteroatoms. The maximum atomic E-state index is 8.90. The quantitative estimate of drug-likeness (QED) is 0.146. The SMILES string of the molecule is CCCOC(C)Oc1ccc(C=CC=Cc2ccc(OC(C)(C)Cc3ccc(C=CO)cc3)cc2)cc1. The number of rotatable bonds is 13. The van der Waals surface area contributed by atoms with Crippen LogP contribution in [0.2, 0.25) is 0 Å². The van der Waals surface area contributed by atoms with E-state index in [9.17, 15) is 0 Å². The van der Waals surface area contributed by atoms with Gasteiger partial charge in [-0.2, -0.15) is 0 Å². The molecule has 0 aromatic heterocycles. The van der Waals surface area contributed by atoms with Crippen LogP contribution in [0, 0.1) is 0 Å². The number of hydrogen-bond donors (Lipinski definition) is 1. The van der Waals surface area contributed by atoms with Gasteiger partial charge in [-0.25, -0.2) is 0 Å². The van der Waals surface area contributed by atoms with E-state index in [1.54, 1.807) is 6.08 Å². The number of benzene rings is 3. The lowest BCUT2D eigenvalue weighted by molar-refractivity contribution is -0.0662. The fraction of sp³-hybridized carbons (Fsp3) is 0.273. The second-order valence-electron chi connectivity index (χ2n) is 9.51. The molecule has 0 amide bonds. The summed E-state index contributed by atoms with van der Waals surface area (Å²) in [7, 11) is 0. The van der Waals surface area contributed by atoms with Crippen molar-refractivity contribution in [2.45, 2.75) is 52.4 Å². The van der Waals surface area contributed by atoms with Gasteiger partial charge in [0.1, 0.15) is 17.1 Å². The second kappa shape index (κ2) is 14.1. The predicted octanol–water partition coefficient (Wildman–Crippen LogP) is 8.49. The van der Waals surface area contributed by atoms with Crippen molar-refractivity contribution < 1.29 is 19.3 Å². The van der Waals surface area contributed by atoms with E-state index < -0.39 is 0 Å². The molecule has 0 saturated heterocycles. The maximum absolute atomic E-state index is 8.90. The van der Waals surface area contributed by atoms with E-state index in [0.717, 1.165) is 47.3 Å². The molecule has 0 radical (unpaired) electrons. The third-order valence-electron chi connectivity index (χ3n) is 5.58. The molecule has 4 nitrogen and oxygen atoms in total. The average Bonchev–Trinajstić information content (AvgIpc) is 2.88. The molecule has 3 rings (SSSR count). The Morgan fingerprint density at radius 3 is 1.81 bits per heavy atom. The van der Waals surface area contributed by atoms with Crippen LogP contribution in [0.1, 0.15) is 56.4 Å². The van der Waals surface area contributed by atoms with E-state index >= 15 is 0 Å². The Hall–Kier alpha value is -3.76. The topological polar surface area (TPSA) is 47.9 Å². The van der Waals surface area contributed by atoms with Crippen LogP contribution in [0.3, 0.4) is 0 Å². The summed E-state index contributed by atoms with van der Waals surface area (Å²) in [6, 6.07) is 24.2. The van der Waals surface area contributed by atoms with Crippen molar-refractivity contribution >= 4 is 18.2 Å². The summed E-state index contributed by atoms with van der Waals surface area (Å²) in [6.07, 6.45) is 12.4. The van der Waals surface area contributed by atoms with Crippen molar-refractivity contribution in [3.8, 4) is 11.5 Å². The number of hydrogen-bond acceptors (Lipinski definition) is 4. The highest BCUT2D eigenvalue weighted by Crippen LogP contribution is 2.23. The third kappa shape index (κ3) is 10.0. The van der Waals surface area contributed by atoms with Crippen LogP contribution in [0.25, 0.3) is 18.2 Å². The van der Waals surface area contributed by atoms with Crippen LogP contribution in [0.15, 0.2) is 91.2 Å². The number of ether oxygens (including phenoxy) is 3. The Bertz CT molecular complexity index is 1150.